The van der Waals surface area contributed by atoms with Crippen LogP contribution in [-0.2, 0) is 0 Å². The van der Waals surface area contributed by atoms with E-state index in [0.717, 1.165) is 36.7 Å². The zero-order chi connectivity index (χ0) is 15.4. The van der Waals surface area contributed by atoms with E-state index < -0.39 is 0 Å². The van der Waals surface area contributed by atoms with Crippen LogP contribution in [0.15, 0.2) is 49.8 Å². The molecule has 0 saturated carbocycles. The Morgan fingerprint density at radius 2 is 1.81 bits per heavy atom. The fraction of sp³-hybridized carbons (Fsp3) is 0.250. The van der Waals surface area contributed by atoms with Crippen LogP contribution in [0.3, 0.4) is 0 Å². The summed E-state index contributed by atoms with van der Waals surface area (Å²) in [6.07, 6.45) is 0.984. The Balaban J connectivity index is 2.27. The maximum atomic E-state index is 6.61. The number of halogens is 4. The summed E-state index contributed by atoms with van der Waals surface area (Å²) in [7, 11) is 0. The quantitative estimate of drug-likeness (QED) is 0.401. The molecule has 0 aliphatic carbocycles. The van der Waals surface area contributed by atoms with Gasteiger partial charge in [-0.05, 0) is 57.7 Å². The lowest BCUT2D eigenvalue weighted by Gasteiger charge is -2.15. The minimum Gasteiger partial charge on any atom is -0.492 e. The predicted octanol–water partition coefficient (Wildman–Crippen LogP) is 7.09. The molecule has 0 amide bonds. The lowest BCUT2D eigenvalue weighted by atomic mass is 10.0. The van der Waals surface area contributed by atoms with E-state index in [1.807, 2.05) is 36.4 Å². The van der Waals surface area contributed by atoms with Gasteiger partial charge in [-0.2, -0.15) is 0 Å². The van der Waals surface area contributed by atoms with Crippen molar-refractivity contribution in [2.24, 2.45) is 0 Å². The SMILES string of the molecule is CCCOc1ccc(C(Cl)c2ccc(Br)cc2Br)cc1Br. The first-order valence-corrected chi connectivity index (χ1v) is 9.35. The molecule has 0 saturated heterocycles. The van der Waals surface area contributed by atoms with Gasteiger partial charge in [0.05, 0.1) is 16.5 Å². The van der Waals surface area contributed by atoms with Gasteiger partial charge in [0.1, 0.15) is 5.75 Å². The molecule has 1 nitrogen and oxygen atoms in total. The molecule has 0 N–H and O–H groups in total. The van der Waals surface area contributed by atoms with Crippen LogP contribution in [0.5, 0.6) is 5.75 Å². The second-order valence-corrected chi connectivity index (χ2v) is 7.63. The van der Waals surface area contributed by atoms with E-state index in [4.69, 9.17) is 16.3 Å². The Kier molecular flexibility index (Phi) is 6.60. The number of benzene rings is 2. The predicted molar refractivity (Wildman–Crippen MR) is 99.5 cm³/mol. The third-order valence-electron chi connectivity index (χ3n) is 2.95. The summed E-state index contributed by atoms with van der Waals surface area (Å²) in [6, 6.07) is 12.0. The van der Waals surface area contributed by atoms with Crippen molar-refractivity contribution in [1.82, 2.24) is 0 Å². The van der Waals surface area contributed by atoms with Crippen molar-refractivity contribution < 1.29 is 4.74 Å². The highest BCUT2D eigenvalue weighted by Gasteiger charge is 2.15. The smallest absolute Gasteiger partial charge is 0.133 e. The molecule has 2 rings (SSSR count). The fourth-order valence-corrected chi connectivity index (χ4v) is 4.14. The zero-order valence-electron chi connectivity index (χ0n) is 11.4. The monoisotopic (exact) mass is 494 g/mol. The van der Waals surface area contributed by atoms with Gasteiger partial charge >= 0.3 is 0 Å². The van der Waals surface area contributed by atoms with E-state index in [0.29, 0.717) is 6.61 Å². The van der Waals surface area contributed by atoms with Crippen LogP contribution in [0.1, 0.15) is 29.8 Å². The van der Waals surface area contributed by atoms with Crippen molar-refractivity contribution in [1.29, 1.82) is 0 Å². The maximum absolute atomic E-state index is 6.61. The third kappa shape index (κ3) is 4.47. The third-order valence-corrected chi connectivity index (χ3v) is 5.23. The number of rotatable bonds is 5. The van der Waals surface area contributed by atoms with Crippen LogP contribution < -0.4 is 4.74 Å². The Hall–Kier alpha value is -0.0300. The van der Waals surface area contributed by atoms with Crippen molar-refractivity contribution in [2.75, 3.05) is 6.61 Å². The van der Waals surface area contributed by atoms with Crippen molar-refractivity contribution in [3.63, 3.8) is 0 Å². The largest absolute Gasteiger partial charge is 0.492 e. The lowest BCUT2D eigenvalue weighted by Crippen LogP contribution is -1.98. The van der Waals surface area contributed by atoms with Crippen molar-refractivity contribution >= 4 is 59.4 Å². The molecule has 0 fully saturated rings. The summed E-state index contributed by atoms with van der Waals surface area (Å²) in [6.45, 7) is 2.79. The summed E-state index contributed by atoms with van der Waals surface area (Å²) in [5.41, 5.74) is 2.06. The first-order valence-electron chi connectivity index (χ1n) is 6.54. The molecule has 1 unspecified atom stereocenters. The average Bonchev–Trinajstić information content (AvgIpc) is 2.45. The Morgan fingerprint density at radius 3 is 2.43 bits per heavy atom. The first-order chi connectivity index (χ1) is 10.0. The fourth-order valence-electron chi connectivity index (χ4n) is 1.89. The molecule has 0 aliphatic rings. The standard InChI is InChI=1S/C16H14Br3ClO/c1-2-7-21-15-6-3-10(8-14(15)19)16(20)12-5-4-11(17)9-13(12)18/h3-6,8-9,16H,2,7H2,1H3. The Morgan fingerprint density at radius 1 is 1.05 bits per heavy atom. The normalized spacial score (nSPS) is 12.2. The van der Waals surface area contributed by atoms with Crippen LogP contribution >= 0.6 is 59.4 Å². The van der Waals surface area contributed by atoms with E-state index in [9.17, 15) is 0 Å². The average molecular weight is 497 g/mol. The van der Waals surface area contributed by atoms with E-state index in [1.165, 1.54) is 0 Å². The Bertz CT molecular complexity index is 631. The molecular weight excluding hydrogens is 483 g/mol. The van der Waals surface area contributed by atoms with Gasteiger partial charge in [0.25, 0.3) is 0 Å². The molecule has 2 aromatic rings. The van der Waals surface area contributed by atoms with Crippen LogP contribution in [0.2, 0.25) is 0 Å². The molecule has 21 heavy (non-hydrogen) atoms. The van der Waals surface area contributed by atoms with Crippen molar-refractivity contribution in [3.05, 3.63) is 60.9 Å². The van der Waals surface area contributed by atoms with Crippen molar-refractivity contribution in [3.8, 4) is 5.75 Å². The summed E-state index contributed by atoms with van der Waals surface area (Å²) in [5.74, 6) is 0.847. The maximum Gasteiger partial charge on any atom is 0.133 e. The number of alkyl halides is 1. The van der Waals surface area contributed by atoms with E-state index >= 15 is 0 Å². The number of hydrogen-bond acceptors (Lipinski definition) is 1. The molecule has 5 heteroatoms. The summed E-state index contributed by atoms with van der Waals surface area (Å²) in [4.78, 5) is 0. The number of ether oxygens (including phenoxy) is 1. The highest BCUT2D eigenvalue weighted by Crippen LogP contribution is 2.37. The molecule has 0 radical (unpaired) electrons. The minimum atomic E-state index is -0.219. The van der Waals surface area contributed by atoms with Gasteiger partial charge in [-0.3, -0.25) is 0 Å². The molecular formula is C16H14Br3ClO. The second kappa shape index (κ2) is 8.00. The van der Waals surface area contributed by atoms with Crippen LogP contribution in [0.25, 0.3) is 0 Å². The van der Waals surface area contributed by atoms with Gasteiger partial charge in [-0.15, -0.1) is 11.6 Å². The van der Waals surface area contributed by atoms with E-state index in [2.05, 4.69) is 54.7 Å². The molecule has 0 heterocycles. The molecule has 2 aromatic carbocycles. The summed E-state index contributed by atoms with van der Waals surface area (Å²) in [5, 5.41) is -0.219. The molecule has 0 bridgehead atoms. The molecule has 0 spiro atoms. The van der Waals surface area contributed by atoms with Crippen molar-refractivity contribution in [2.45, 2.75) is 18.7 Å². The topological polar surface area (TPSA) is 9.23 Å². The second-order valence-electron chi connectivity index (χ2n) is 4.57. The first kappa shape index (κ1) is 17.3. The molecule has 0 aliphatic heterocycles. The molecule has 0 aromatic heterocycles. The highest BCUT2D eigenvalue weighted by atomic mass is 79.9. The van der Waals surface area contributed by atoms with Gasteiger partial charge in [0.2, 0.25) is 0 Å². The summed E-state index contributed by atoms with van der Waals surface area (Å²) < 4.78 is 8.59. The van der Waals surface area contributed by atoms with E-state index in [1.54, 1.807) is 0 Å². The number of hydrogen-bond donors (Lipinski definition) is 0. The molecule has 112 valence electrons. The van der Waals surface area contributed by atoms with Gasteiger partial charge in [0, 0.05) is 8.95 Å². The molecule has 1 atom stereocenters. The van der Waals surface area contributed by atoms with E-state index in [-0.39, 0.29) is 5.38 Å². The Labute approximate surface area is 155 Å². The highest BCUT2D eigenvalue weighted by molar-refractivity contribution is 9.11. The van der Waals surface area contributed by atoms with Crippen LogP contribution in [0.4, 0.5) is 0 Å². The van der Waals surface area contributed by atoms with Crippen LogP contribution in [0, 0.1) is 0 Å². The zero-order valence-corrected chi connectivity index (χ0v) is 16.9. The van der Waals surface area contributed by atoms with Crippen LogP contribution in [-0.4, -0.2) is 6.61 Å². The minimum absolute atomic E-state index is 0.219. The van der Waals surface area contributed by atoms with Gasteiger partial charge in [0.15, 0.2) is 0 Å². The van der Waals surface area contributed by atoms with Gasteiger partial charge in [-0.25, -0.2) is 0 Å². The summed E-state index contributed by atoms with van der Waals surface area (Å²) >= 11 is 17.2. The van der Waals surface area contributed by atoms with Gasteiger partial charge in [-0.1, -0.05) is 50.9 Å². The lowest BCUT2D eigenvalue weighted by molar-refractivity contribution is 0.315. The van der Waals surface area contributed by atoms with Gasteiger partial charge < -0.3 is 4.74 Å².